The fourth-order valence-corrected chi connectivity index (χ4v) is 2.69. The van der Waals surface area contributed by atoms with E-state index in [0.717, 1.165) is 16.8 Å². The second-order valence-electron chi connectivity index (χ2n) is 6.27. The topological polar surface area (TPSA) is 90.7 Å². The summed E-state index contributed by atoms with van der Waals surface area (Å²) in [7, 11) is 0. The van der Waals surface area contributed by atoms with Crippen molar-refractivity contribution in [2.45, 2.75) is 20.8 Å². The molecule has 0 fully saturated rings. The molecule has 0 bridgehead atoms. The third-order valence-electron chi connectivity index (χ3n) is 4.01. The smallest absolute Gasteiger partial charge is 0.274 e. The van der Waals surface area contributed by atoms with E-state index in [1.807, 2.05) is 38.1 Å². The van der Waals surface area contributed by atoms with E-state index in [4.69, 9.17) is 0 Å². The molecule has 0 radical (unpaired) electrons. The highest BCUT2D eigenvalue weighted by molar-refractivity contribution is 6.03. The predicted molar refractivity (Wildman–Crippen MR) is 105 cm³/mol. The Balaban J connectivity index is 1.86. The van der Waals surface area contributed by atoms with Gasteiger partial charge in [-0.3, -0.25) is 4.79 Å². The van der Waals surface area contributed by atoms with E-state index in [9.17, 15) is 10.1 Å². The molecule has 27 heavy (non-hydrogen) atoms. The molecule has 2 aromatic carbocycles. The van der Waals surface area contributed by atoms with Gasteiger partial charge in [0.15, 0.2) is 0 Å². The normalized spacial score (nSPS) is 10.1. The van der Waals surface area contributed by atoms with Gasteiger partial charge < -0.3 is 10.6 Å². The largest absolute Gasteiger partial charge is 0.323 e. The molecule has 0 aliphatic rings. The van der Waals surface area contributed by atoms with Gasteiger partial charge in [-0.2, -0.15) is 5.26 Å². The molecule has 0 saturated carbocycles. The van der Waals surface area contributed by atoms with Gasteiger partial charge in [-0.05, 0) is 50.6 Å². The number of amides is 1. The van der Waals surface area contributed by atoms with Crippen LogP contribution in [0.25, 0.3) is 0 Å². The van der Waals surface area contributed by atoms with Crippen molar-refractivity contribution >= 4 is 23.2 Å². The first-order valence-corrected chi connectivity index (χ1v) is 8.46. The Hall–Kier alpha value is -3.72. The molecule has 2 N–H and O–H groups in total. The highest BCUT2D eigenvalue weighted by Gasteiger charge is 2.13. The van der Waals surface area contributed by atoms with E-state index >= 15 is 0 Å². The molecular weight excluding hydrogens is 338 g/mol. The van der Waals surface area contributed by atoms with Crippen molar-refractivity contribution in [1.29, 1.82) is 5.26 Å². The fraction of sp³-hybridized carbons (Fsp3) is 0.143. The van der Waals surface area contributed by atoms with Crippen molar-refractivity contribution < 1.29 is 4.79 Å². The van der Waals surface area contributed by atoms with Crippen LogP contribution in [0.2, 0.25) is 0 Å². The average Bonchev–Trinajstić information content (AvgIpc) is 2.64. The lowest BCUT2D eigenvalue weighted by Crippen LogP contribution is -2.16. The quantitative estimate of drug-likeness (QED) is 0.728. The van der Waals surface area contributed by atoms with Crippen LogP contribution in [0.5, 0.6) is 0 Å². The number of nitriles is 1. The van der Waals surface area contributed by atoms with Crippen LogP contribution in [0.1, 0.15) is 32.9 Å². The number of hydrogen-bond donors (Lipinski definition) is 2. The molecule has 3 aromatic rings. The number of hydrogen-bond acceptors (Lipinski definition) is 5. The molecule has 0 aliphatic carbocycles. The fourth-order valence-electron chi connectivity index (χ4n) is 2.69. The minimum atomic E-state index is -0.316. The summed E-state index contributed by atoms with van der Waals surface area (Å²) in [6.07, 6.45) is 0. The lowest BCUT2D eigenvalue weighted by Gasteiger charge is -2.11. The van der Waals surface area contributed by atoms with Crippen LogP contribution in [0.4, 0.5) is 17.3 Å². The zero-order valence-electron chi connectivity index (χ0n) is 15.4. The molecule has 1 heterocycles. The highest BCUT2D eigenvalue weighted by Crippen LogP contribution is 2.20. The number of aryl methyl sites for hydroxylation is 3. The first-order valence-electron chi connectivity index (χ1n) is 8.46. The Morgan fingerprint density at radius 1 is 1.00 bits per heavy atom. The van der Waals surface area contributed by atoms with E-state index in [2.05, 4.69) is 26.7 Å². The van der Waals surface area contributed by atoms with Gasteiger partial charge in [-0.25, -0.2) is 9.97 Å². The Bertz CT molecular complexity index is 1050. The molecule has 134 valence electrons. The predicted octanol–water partition coefficient (Wildman–Crippen LogP) is 4.27. The zero-order chi connectivity index (χ0) is 19.4. The maximum absolute atomic E-state index is 12.6. The van der Waals surface area contributed by atoms with Gasteiger partial charge in [0.05, 0.1) is 11.3 Å². The van der Waals surface area contributed by atoms with E-state index < -0.39 is 0 Å². The number of aromatic nitrogens is 2. The van der Waals surface area contributed by atoms with Crippen LogP contribution < -0.4 is 10.6 Å². The van der Waals surface area contributed by atoms with Gasteiger partial charge in [-0.1, -0.05) is 29.8 Å². The van der Waals surface area contributed by atoms with Gasteiger partial charge in [0.2, 0.25) is 5.95 Å². The van der Waals surface area contributed by atoms with Gasteiger partial charge in [0.1, 0.15) is 11.8 Å². The lowest BCUT2D eigenvalue weighted by atomic mass is 10.1. The maximum Gasteiger partial charge on any atom is 0.274 e. The van der Waals surface area contributed by atoms with Crippen LogP contribution in [0.3, 0.4) is 0 Å². The Kier molecular flexibility index (Phi) is 5.13. The van der Waals surface area contributed by atoms with E-state index in [0.29, 0.717) is 16.9 Å². The molecule has 0 unspecified atom stereocenters. The van der Waals surface area contributed by atoms with Crippen molar-refractivity contribution in [3.05, 3.63) is 76.6 Å². The molecule has 3 rings (SSSR count). The number of benzene rings is 2. The molecule has 0 saturated heterocycles. The third-order valence-corrected chi connectivity index (χ3v) is 4.01. The highest BCUT2D eigenvalue weighted by atomic mass is 16.1. The minimum Gasteiger partial charge on any atom is -0.323 e. The molecule has 1 amide bonds. The Labute approximate surface area is 157 Å². The summed E-state index contributed by atoms with van der Waals surface area (Å²) in [5, 5.41) is 15.1. The van der Waals surface area contributed by atoms with Crippen molar-refractivity contribution in [1.82, 2.24) is 9.97 Å². The summed E-state index contributed by atoms with van der Waals surface area (Å²) in [4.78, 5) is 21.3. The number of nitrogens with one attached hydrogen (secondary N) is 2. The molecule has 0 atom stereocenters. The van der Waals surface area contributed by atoms with Gasteiger partial charge in [0.25, 0.3) is 5.91 Å². The Morgan fingerprint density at radius 3 is 2.52 bits per heavy atom. The zero-order valence-corrected chi connectivity index (χ0v) is 15.4. The molecule has 1 aromatic heterocycles. The summed E-state index contributed by atoms with van der Waals surface area (Å²) >= 11 is 0. The molecule has 0 aliphatic heterocycles. The summed E-state index contributed by atoms with van der Waals surface area (Å²) < 4.78 is 0. The molecule has 6 nitrogen and oxygen atoms in total. The van der Waals surface area contributed by atoms with Crippen LogP contribution in [-0.2, 0) is 0 Å². The summed E-state index contributed by atoms with van der Waals surface area (Å²) in [5.41, 5.74) is 4.81. The first kappa shape index (κ1) is 18.1. The number of rotatable bonds is 4. The molecule has 6 heteroatoms. The number of carbonyl (C=O) groups is 1. The number of anilines is 3. The van der Waals surface area contributed by atoms with Crippen LogP contribution in [-0.4, -0.2) is 15.9 Å². The van der Waals surface area contributed by atoms with Gasteiger partial charge in [-0.15, -0.1) is 0 Å². The summed E-state index contributed by atoms with van der Waals surface area (Å²) in [5.74, 6) is -0.0486. The SMILES string of the molecule is Cc1ccc(NC(=O)c2cc(C)nc(Nc3ccccc3C#N)n2)c(C)c1. The van der Waals surface area contributed by atoms with Crippen LogP contribution in [0, 0.1) is 32.1 Å². The second kappa shape index (κ2) is 7.67. The summed E-state index contributed by atoms with van der Waals surface area (Å²) in [6.45, 7) is 5.74. The number of para-hydroxylation sites is 1. The third kappa shape index (κ3) is 4.28. The van der Waals surface area contributed by atoms with Gasteiger partial charge in [0, 0.05) is 11.4 Å². The van der Waals surface area contributed by atoms with Crippen LogP contribution >= 0.6 is 0 Å². The van der Waals surface area contributed by atoms with E-state index in [-0.39, 0.29) is 17.5 Å². The number of carbonyl (C=O) groups excluding carboxylic acids is 1. The minimum absolute atomic E-state index is 0.249. The molecular formula is C21H19N5O. The van der Waals surface area contributed by atoms with E-state index in [1.165, 1.54) is 0 Å². The first-order chi connectivity index (χ1) is 13.0. The lowest BCUT2D eigenvalue weighted by molar-refractivity contribution is 0.102. The number of nitrogens with zero attached hydrogens (tertiary/aromatic N) is 3. The molecule has 0 spiro atoms. The van der Waals surface area contributed by atoms with Gasteiger partial charge >= 0.3 is 0 Å². The van der Waals surface area contributed by atoms with Crippen molar-refractivity contribution in [3.63, 3.8) is 0 Å². The Morgan fingerprint density at radius 2 is 1.78 bits per heavy atom. The van der Waals surface area contributed by atoms with Crippen molar-refractivity contribution in [2.24, 2.45) is 0 Å². The monoisotopic (exact) mass is 357 g/mol. The van der Waals surface area contributed by atoms with E-state index in [1.54, 1.807) is 31.2 Å². The van der Waals surface area contributed by atoms with Crippen molar-refractivity contribution in [2.75, 3.05) is 10.6 Å². The van der Waals surface area contributed by atoms with Crippen molar-refractivity contribution in [3.8, 4) is 6.07 Å². The average molecular weight is 357 g/mol. The standard InChI is InChI=1S/C21H19N5O/c1-13-8-9-17(14(2)10-13)24-20(27)19-11-15(3)23-21(26-19)25-18-7-5-4-6-16(18)12-22/h4-11H,1-3H3,(H,24,27)(H,23,25,26). The summed E-state index contributed by atoms with van der Waals surface area (Å²) in [6, 6.07) is 16.6. The maximum atomic E-state index is 12.6. The van der Waals surface area contributed by atoms with Crippen LogP contribution in [0.15, 0.2) is 48.5 Å². The second-order valence-corrected chi connectivity index (χ2v) is 6.27.